The number of amides is 1. The second kappa shape index (κ2) is 7.99. The minimum atomic E-state index is -0.0667. The van der Waals surface area contributed by atoms with Gasteiger partial charge in [-0.2, -0.15) is 0 Å². The van der Waals surface area contributed by atoms with E-state index in [0.717, 1.165) is 25.1 Å². The minimum absolute atomic E-state index is 0. The number of carbonyl (C=O) groups excluding carboxylic acids is 1. The van der Waals surface area contributed by atoms with Crippen LogP contribution in [0.2, 0.25) is 0 Å². The molecular weight excluding hydrogens is 380 g/mol. The molecule has 1 N–H and O–H groups in total. The molecule has 0 saturated carbocycles. The standard InChI is InChI=1S/C17H19BrN2O2.ClH/c1-2-12-3-5-13(6-4-12)15-11-19-8-9-20(15)17(21)16-14(18)7-10-22-16;/h3-7,10,15,19H,2,8-9,11H2,1H3;1H. The van der Waals surface area contributed by atoms with Gasteiger partial charge in [0.25, 0.3) is 5.91 Å². The first-order valence-corrected chi connectivity index (χ1v) is 8.33. The molecule has 1 saturated heterocycles. The summed E-state index contributed by atoms with van der Waals surface area (Å²) in [5.74, 6) is 0.306. The van der Waals surface area contributed by atoms with Crippen LogP contribution in [0, 0.1) is 0 Å². The average molecular weight is 400 g/mol. The van der Waals surface area contributed by atoms with Gasteiger partial charge < -0.3 is 14.6 Å². The van der Waals surface area contributed by atoms with Gasteiger partial charge in [0, 0.05) is 19.6 Å². The van der Waals surface area contributed by atoms with Crippen LogP contribution in [0.1, 0.15) is 34.6 Å². The minimum Gasteiger partial charge on any atom is -0.458 e. The zero-order valence-corrected chi connectivity index (χ0v) is 15.3. The van der Waals surface area contributed by atoms with E-state index in [1.807, 2.05) is 4.90 Å². The monoisotopic (exact) mass is 398 g/mol. The first kappa shape index (κ1) is 18.0. The smallest absolute Gasteiger partial charge is 0.291 e. The van der Waals surface area contributed by atoms with Crippen molar-refractivity contribution in [3.63, 3.8) is 0 Å². The molecule has 4 nitrogen and oxygen atoms in total. The summed E-state index contributed by atoms with van der Waals surface area (Å²) >= 11 is 3.37. The maximum absolute atomic E-state index is 12.8. The average Bonchev–Trinajstić information content (AvgIpc) is 3.00. The lowest BCUT2D eigenvalue weighted by Crippen LogP contribution is -2.48. The largest absolute Gasteiger partial charge is 0.458 e. The highest BCUT2D eigenvalue weighted by Gasteiger charge is 2.31. The second-order valence-corrected chi connectivity index (χ2v) is 6.27. The summed E-state index contributed by atoms with van der Waals surface area (Å²) in [6.45, 7) is 4.37. The Morgan fingerprint density at radius 3 is 2.70 bits per heavy atom. The van der Waals surface area contributed by atoms with E-state index in [9.17, 15) is 4.79 Å². The van der Waals surface area contributed by atoms with E-state index in [-0.39, 0.29) is 24.4 Å². The molecule has 23 heavy (non-hydrogen) atoms. The number of aryl methyl sites for hydroxylation is 1. The third-order valence-electron chi connectivity index (χ3n) is 4.09. The van der Waals surface area contributed by atoms with Gasteiger partial charge in [0.1, 0.15) is 0 Å². The van der Waals surface area contributed by atoms with E-state index >= 15 is 0 Å². The summed E-state index contributed by atoms with van der Waals surface area (Å²) in [4.78, 5) is 14.7. The van der Waals surface area contributed by atoms with E-state index in [1.165, 1.54) is 11.8 Å². The van der Waals surface area contributed by atoms with Crippen LogP contribution in [0.15, 0.2) is 45.5 Å². The fourth-order valence-electron chi connectivity index (χ4n) is 2.80. The number of hydrogen-bond acceptors (Lipinski definition) is 3. The maximum Gasteiger partial charge on any atom is 0.291 e. The molecule has 2 heterocycles. The third kappa shape index (κ3) is 3.79. The normalized spacial score (nSPS) is 17.7. The van der Waals surface area contributed by atoms with Gasteiger partial charge in [0.15, 0.2) is 0 Å². The Morgan fingerprint density at radius 2 is 2.09 bits per heavy atom. The van der Waals surface area contributed by atoms with Gasteiger partial charge in [-0.15, -0.1) is 12.4 Å². The molecule has 1 amide bonds. The molecule has 0 spiro atoms. The molecule has 1 aliphatic rings. The van der Waals surface area contributed by atoms with E-state index in [2.05, 4.69) is 52.4 Å². The van der Waals surface area contributed by atoms with Crippen LogP contribution in [0.25, 0.3) is 0 Å². The van der Waals surface area contributed by atoms with Crippen LogP contribution in [-0.2, 0) is 6.42 Å². The molecule has 1 aliphatic heterocycles. The summed E-state index contributed by atoms with van der Waals surface area (Å²) in [5, 5.41) is 3.37. The number of nitrogens with one attached hydrogen (secondary N) is 1. The lowest BCUT2D eigenvalue weighted by Gasteiger charge is -2.36. The Kier molecular flexibility index (Phi) is 6.27. The number of benzene rings is 1. The van der Waals surface area contributed by atoms with Gasteiger partial charge in [-0.05, 0) is 39.5 Å². The zero-order valence-electron chi connectivity index (χ0n) is 12.9. The van der Waals surface area contributed by atoms with Gasteiger partial charge >= 0.3 is 0 Å². The van der Waals surface area contributed by atoms with Crippen LogP contribution in [-0.4, -0.2) is 30.4 Å². The predicted molar refractivity (Wildman–Crippen MR) is 96.1 cm³/mol. The molecule has 1 fully saturated rings. The number of rotatable bonds is 3. The van der Waals surface area contributed by atoms with E-state index in [1.54, 1.807) is 6.07 Å². The van der Waals surface area contributed by atoms with Gasteiger partial charge in [-0.25, -0.2) is 0 Å². The molecule has 2 aromatic rings. The highest BCUT2D eigenvalue weighted by atomic mass is 79.9. The third-order valence-corrected chi connectivity index (χ3v) is 4.71. The maximum atomic E-state index is 12.8. The van der Waals surface area contributed by atoms with E-state index < -0.39 is 0 Å². The van der Waals surface area contributed by atoms with Crippen molar-refractivity contribution in [2.75, 3.05) is 19.6 Å². The fourth-order valence-corrected chi connectivity index (χ4v) is 3.17. The van der Waals surface area contributed by atoms with Crippen molar-refractivity contribution >= 4 is 34.2 Å². The topological polar surface area (TPSA) is 45.5 Å². The van der Waals surface area contributed by atoms with Crippen molar-refractivity contribution in [2.24, 2.45) is 0 Å². The summed E-state index contributed by atoms with van der Waals surface area (Å²) in [5.41, 5.74) is 2.46. The van der Waals surface area contributed by atoms with Crippen molar-refractivity contribution < 1.29 is 9.21 Å². The van der Waals surface area contributed by atoms with Crippen molar-refractivity contribution in [2.45, 2.75) is 19.4 Å². The second-order valence-electron chi connectivity index (χ2n) is 5.41. The molecule has 1 atom stereocenters. The first-order valence-electron chi connectivity index (χ1n) is 7.54. The number of nitrogens with zero attached hydrogens (tertiary/aromatic N) is 1. The van der Waals surface area contributed by atoms with Gasteiger partial charge in [0.05, 0.1) is 16.8 Å². The van der Waals surface area contributed by atoms with Crippen LogP contribution in [0.3, 0.4) is 0 Å². The number of halogens is 2. The first-order chi connectivity index (χ1) is 10.7. The summed E-state index contributed by atoms with van der Waals surface area (Å²) in [6.07, 6.45) is 2.55. The van der Waals surface area contributed by atoms with E-state index in [4.69, 9.17) is 4.42 Å². The zero-order chi connectivity index (χ0) is 15.5. The fraction of sp³-hybridized carbons (Fsp3) is 0.353. The Bertz CT molecular complexity index is 657. The predicted octanol–water partition coefficient (Wildman–Crippen LogP) is 3.81. The molecule has 6 heteroatoms. The number of carbonyl (C=O) groups is 1. The summed E-state index contributed by atoms with van der Waals surface area (Å²) in [7, 11) is 0. The van der Waals surface area contributed by atoms with Crippen LogP contribution >= 0.6 is 28.3 Å². The highest BCUT2D eigenvalue weighted by molar-refractivity contribution is 9.10. The molecule has 1 aromatic heterocycles. The quantitative estimate of drug-likeness (QED) is 0.853. The number of piperazine rings is 1. The molecule has 124 valence electrons. The molecular formula is C17H20BrClN2O2. The molecule has 3 rings (SSSR count). The Balaban J connectivity index is 0.00000192. The van der Waals surface area contributed by atoms with Crippen molar-refractivity contribution in [1.82, 2.24) is 10.2 Å². The van der Waals surface area contributed by atoms with Gasteiger partial charge in [-0.3, -0.25) is 4.79 Å². The Labute approximate surface area is 150 Å². The Morgan fingerprint density at radius 1 is 1.35 bits per heavy atom. The SMILES string of the molecule is CCc1ccc(C2CNCCN2C(=O)c2occc2Br)cc1.Cl. The molecule has 0 aliphatic carbocycles. The Hall–Kier alpha value is -1.30. The van der Waals surface area contributed by atoms with E-state index in [0.29, 0.717) is 16.8 Å². The van der Waals surface area contributed by atoms with Crippen molar-refractivity contribution in [3.05, 3.63) is 58.0 Å². The van der Waals surface area contributed by atoms with Crippen LogP contribution in [0.5, 0.6) is 0 Å². The summed E-state index contributed by atoms with van der Waals surface area (Å²) < 4.78 is 6.05. The van der Waals surface area contributed by atoms with Crippen molar-refractivity contribution in [3.8, 4) is 0 Å². The highest BCUT2D eigenvalue weighted by Crippen LogP contribution is 2.27. The van der Waals surface area contributed by atoms with Crippen LogP contribution < -0.4 is 5.32 Å². The molecule has 1 unspecified atom stereocenters. The van der Waals surface area contributed by atoms with Gasteiger partial charge in [0.2, 0.25) is 5.76 Å². The molecule has 1 aromatic carbocycles. The number of furan rings is 1. The lowest BCUT2D eigenvalue weighted by molar-refractivity contribution is 0.0600. The molecule has 0 radical (unpaired) electrons. The summed E-state index contributed by atoms with van der Waals surface area (Å²) in [6, 6.07) is 10.3. The number of hydrogen-bond donors (Lipinski definition) is 1. The van der Waals surface area contributed by atoms with Crippen LogP contribution in [0.4, 0.5) is 0 Å². The van der Waals surface area contributed by atoms with Crippen molar-refractivity contribution in [1.29, 1.82) is 0 Å². The molecule has 0 bridgehead atoms. The van der Waals surface area contributed by atoms with Gasteiger partial charge in [-0.1, -0.05) is 31.2 Å². The lowest BCUT2D eigenvalue weighted by atomic mass is 10.0.